The van der Waals surface area contributed by atoms with Gasteiger partial charge in [0.15, 0.2) is 0 Å². The normalized spacial score (nSPS) is 11.4. The second-order valence-corrected chi connectivity index (χ2v) is 8.17. The zero-order valence-corrected chi connectivity index (χ0v) is 14.7. The van der Waals surface area contributed by atoms with Gasteiger partial charge in [-0.25, -0.2) is 8.42 Å². The molecular formula is C15H14BrClO3S. The van der Waals surface area contributed by atoms with E-state index in [0.29, 0.717) is 16.8 Å². The van der Waals surface area contributed by atoms with Crippen molar-refractivity contribution in [3.8, 4) is 5.75 Å². The van der Waals surface area contributed by atoms with Crippen molar-refractivity contribution in [2.75, 3.05) is 0 Å². The predicted octanol–water partition coefficient (Wildman–Crippen LogP) is 4.57. The van der Waals surface area contributed by atoms with Crippen molar-refractivity contribution in [2.45, 2.75) is 25.3 Å². The monoisotopic (exact) mass is 388 g/mol. The molecule has 0 radical (unpaired) electrons. The van der Waals surface area contributed by atoms with Gasteiger partial charge in [0.2, 0.25) is 0 Å². The highest BCUT2D eigenvalue weighted by Crippen LogP contribution is 2.30. The SMILES string of the molecule is Cc1ccc(C)c(COc2ccc(S(=O)(=O)Cl)cc2Br)c1. The minimum atomic E-state index is -3.73. The lowest BCUT2D eigenvalue weighted by atomic mass is 10.1. The average molecular weight is 390 g/mol. The third-order valence-electron chi connectivity index (χ3n) is 3.07. The maximum atomic E-state index is 11.3. The first-order chi connectivity index (χ1) is 9.77. The van der Waals surface area contributed by atoms with Crippen molar-refractivity contribution in [1.82, 2.24) is 0 Å². The van der Waals surface area contributed by atoms with E-state index in [2.05, 4.69) is 28.1 Å². The standard InChI is InChI=1S/C15H14BrClO3S/c1-10-3-4-11(2)12(7-10)9-20-15-6-5-13(8-14(15)16)21(17,18)19/h3-8H,9H2,1-2H3. The first-order valence-electron chi connectivity index (χ1n) is 6.20. The molecule has 0 aliphatic carbocycles. The van der Waals surface area contributed by atoms with Gasteiger partial charge in [-0.15, -0.1) is 0 Å². The molecule has 0 aromatic heterocycles. The van der Waals surface area contributed by atoms with E-state index in [0.717, 1.165) is 11.1 Å². The van der Waals surface area contributed by atoms with Crippen LogP contribution in [0.1, 0.15) is 16.7 Å². The Hall–Kier alpha value is -1.04. The topological polar surface area (TPSA) is 43.4 Å². The van der Waals surface area contributed by atoms with Crippen LogP contribution in [0.3, 0.4) is 0 Å². The molecule has 2 rings (SSSR count). The van der Waals surface area contributed by atoms with Crippen LogP contribution in [0.5, 0.6) is 5.75 Å². The fourth-order valence-electron chi connectivity index (χ4n) is 1.86. The van der Waals surface area contributed by atoms with Crippen molar-refractivity contribution in [1.29, 1.82) is 0 Å². The zero-order chi connectivity index (χ0) is 15.6. The van der Waals surface area contributed by atoms with E-state index in [9.17, 15) is 8.42 Å². The van der Waals surface area contributed by atoms with Crippen molar-refractivity contribution >= 4 is 35.7 Å². The van der Waals surface area contributed by atoms with Gasteiger partial charge in [-0.1, -0.05) is 23.8 Å². The van der Waals surface area contributed by atoms with E-state index in [1.807, 2.05) is 19.9 Å². The third-order valence-corrected chi connectivity index (χ3v) is 5.04. The molecule has 0 fully saturated rings. The Bertz CT molecular complexity index is 772. The maximum absolute atomic E-state index is 11.3. The Kier molecular flexibility index (Phi) is 4.96. The lowest BCUT2D eigenvalue weighted by Gasteiger charge is -2.11. The molecule has 0 aliphatic heterocycles. The highest BCUT2D eigenvalue weighted by Gasteiger charge is 2.13. The minimum absolute atomic E-state index is 0.0372. The zero-order valence-electron chi connectivity index (χ0n) is 11.6. The molecule has 0 saturated heterocycles. The van der Waals surface area contributed by atoms with E-state index in [1.54, 1.807) is 6.07 Å². The van der Waals surface area contributed by atoms with Crippen molar-refractivity contribution in [3.05, 3.63) is 57.6 Å². The molecule has 0 atom stereocenters. The average Bonchev–Trinajstić information content (AvgIpc) is 2.40. The highest BCUT2D eigenvalue weighted by molar-refractivity contribution is 9.10. The largest absolute Gasteiger partial charge is 0.488 e. The van der Waals surface area contributed by atoms with Crippen LogP contribution >= 0.6 is 26.6 Å². The lowest BCUT2D eigenvalue weighted by Crippen LogP contribution is -2.00. The number of hydrogen-bond acceptors (Lipinski definition) is 3. The van der Waals surface area contributed by atoms with Crippen LogP contribution in [0.25, 0.3) is 0 Å². The molecule has 0 amide bonds. The lowest BCUT2D eigenvalue weighted by molar-refractivity contribution is 0.303. The Morgan fingerprint density at radius 1 is 1.14 bits per heavy atom. The van der Waals surface area contributed by atoms with Gasteiger partial charge in [0.1, 0.15) is 12.4 Å². The van der Waals surface area contributed by atoms with Crippen LogP contribution in [0.4, 0.5) is 0 Å². The summed E-state index contributed by atoms with van der Waals surface area (Å²) in [4.78, 5) is 0.0372. The maximum Gasteiger partial charge on any atom is 0.261 e. The Labute approximate surface area is 137 Å². The van der Waals surface area contributed by atoms with Crippen molar-refractivity contribution < 1.29 is 13.2 Å². The molecule has 0 bridgehead atoms. The third kappa shape index (κ3) is 4.22. The molecule has 6 heteroatoms. The summed E-state index contributed by atoms with van der Waals surface area (Å²) < 4.78 is 28.8. The smallest absolute Gasteiger partial charge is 0.261 e. The van der Waals surface area contributed by atoms with Gasteiger partial charge >= 0.3 is 0 Å². The van der Waals surface area contributed by atoms with Crippen molar-refractivity contribution in [2.24, 2.45) is 0 Å². The Balaban J connectivity index is 2.19. The van der Waals surface area contributed by atoms with E-state index in [1.165, 1.54) is 17.7 Å². The molecule has 0 saturated carbocycles. The number of benzene rings is 2. The Morgan fingerprint density at radius 3 is 2.48 bits per heavy atom. The quantitative estimate of drug-likeness (QED) is 0.719. The van der Waals surface area contributed by atoms with Gasteiger partial charge in [-0.3, -0.25) is 0 Å². The number of rotatable bonds is 4. The van der Waals surface area contributed by atoms with Crippen molar-refractivity contribution in [3.63, 3.8) is 0 Å². The summed E-state index contributed by atoms with van der Waals surface area (Å²) in [6.07, 6.45) is 0. The molecule has 0 aliphatic rings. The number of hydrogen-bond donors (Lipinski definition) is 0. The van der Waals surface area contributed by atoms with Gasteiger partial charge in [0, 0.05) is 10.7 Å². The van der Waals surface area contributed by atoms with Crippen LogP contribution in [-0.2, 0) is 15.7 Å². The van der Waals surface area contributed by atoms with Gasteiger partial charge in [0.05, 0.1) is 9.37 Å². The van der Waals surface area contributed by atoms with Crippen LogP contribution in [0, 0.1) is 13.8 Å². The van der Waals surface area contributed by atoms with Crippen LogP contribution in [0.2, 0.25) is 0 Å². The number of ether oxygens (including phenoxy) is 1. The fraction of sp³-hybridized carbons (Fsp3) is 0.200. The number of aryl methyl sites for hydroxylation is 2. The summed E-state index contributed by atoms with van der Waals surface area (Å²) in [5.41, 5.74) is 3.41. The van der Waals surface area contributed by atoms with Crippen LogP contribution in [0.15, 0.2) is 45.8 Å². The fourth-order valence-corrected chi connectivity index (χ4v) is 3.28. The van der Waals surface area contributed by atoms with E-state index in [4.69, 9.17) is 15.4 Å². The molecule has 0 N–H and O–H groups in total. The first kappa shape index (κ1) is 16.3. The Morgan fingerprint density at radius 2 is 1.86 bits per heavy atom. The molecule has 3 nitrogen and oxygen atoms in total. The highest BCUT2D eigenvalue weighted by atomic mass is 79.9. The van der Waals surface area contributed by atoms with Crippen LogP contribution in [-0.4, -0.2) is 8.42 Å². The molecule has 0 unspecified atom stereocenters. The summed E-state index contributed by atoms with van der Waals surface area (Å²) in [5, 5.41) is 0. The second kappa shape index (κ2) is 6.38. The summed E-state index contributed by atoms with van der Waals surface area (Å²) in [6, 6.07) is 10.6. The van der Waals surface area contributed by atoms with E-state index in [-0.39, 0.29) is 4.90 Å². The minimum Gasteiger partial charge on any atom is -0.488 e. The molecular weight excluding hydrogens is 376 g/mol. The van der Waals surface area contributed by atoms with E-state index >= 15 is 0 Å². The summed E-state index contributed by atoms with van der Waals surface area (Å²) >= 11 is 3.30. The summed E-state index contributed by atoms with van der Waals surface area (Å²) in [5.74, 6) is 0.569. The summed E-state index contributed by atoms with van der Waals surface area (Å²) in [6.45, 7) is 4.47. The van der Waals surface area contributed by atoms with E-state index < -0.39 is 9.05 Å². The number of halogens is 2. The predicted molar refractivity (Wildman–Crippen MR) is 87.4 cm³/mol. The van der Waals surface area contributed by atoms with Gasteiger partial charge in [0.25, 0.3) is 9.05 Å². The molecule has 0 spiro atoms. The molecule has 2 aromatic carbocycles. The second-order valence-electron chi connectivity index (χ2n) is 4.75. The van der Waals surface area contributed by atoms with Crippen LogP contribution < -0.4 is 4.74 Å². The molecule has 0 heterocycles. The van der Waals surface area contributed by atoms with Gasteiger partial charge in [-0.2, -0.15) is 0 Å². The summed E-state index contributed by atoms with van der Waals surface area (Å²) in [7, 11) is 1.57. The molecule has 21 heavy (non-hydrogen) atoms. The van der Waals surface area contributed by atoms with Gasteiger partial charge < -0.3 is 4.74 Å². The first-order valence-corrected chi connectivity index (χ1v) is 9.31. The van der Waals surface area contributed by atoms with Gasteiger partial charge in [-0.05, 0) is 59.1 Å². The molecule has 112 valence electrons. The molecule has 2 aromatic rings.